The Morgan fingerprint density at radius 2 is 0.542 bits per heavy atom. The van der Waals surface area contributed by atoms with Crippen LogP contribution in [0.25, 0.3) is 89.7 Å². The number of aromatic nitrogens is 8. The van der Waals surface area contributed by atoms with Gasteiger partial charge >= 0.3 is 0 Å². The molecule has 72 heavy (non-hydrogen) atoms. The Kier molecular flexibility index (Phi) is 16.0. The van der Waals surface area contributed by atoms with Crippen LogP contribution in [0.1, 0.15) is 130 Å². The lowest BCUT2D eigenvalue weighted by Gasteiger charge is -2.12. The minimum Gasteiger partial charge on any atom is -0.493 e. The first-order valence-corrected chi connectivity index (χ1v) is 26.5. The molecular formula is C58H70N8O6. The molecule has 0 unspecified atom stereocenters. The SMILES string of the molecule is CCCCOc1ccc(C)c2c1-c1nc-2nc2[nH]c(nc3nc(nc4[nH]c(n1)c1c(OCCCC)ccc(OCCCC)c41)-c1c(OCCCC)ccc(C)c1-3)c1c(OCCCC)ccc(OCCCC)c21. The van der Waals surface area contributed by atoms with E-state index in [0.717, 1.165) is 132 Å². The van der Waals surface area contributed by atoms with Crippen LogP contribution in [0, 0.1) is 13.8 Å². The van der Waals surface area contributed by atoms with Crippen LogP contribution < -0.4 is 28.4 Å². The molecule has 378 valence electrons. The molecule has 3 aromatic heterocycles. The predicted octanol–water partition coefficient (Wildman–Crippen LogP) is 14.6. The third kappa shape index (κ3) is 10.1. The fourth-order valence-corrected chi connectivity index (χ4v) is 9.13. The van der Waals surface area contributed by atoms with Crippen LogP contribution in [-0.2, 0) is 0 Å². The Morgan fingerprint density at radius 1 is 0.306 bits per heavy atom. The first-order chi connectivity index (χ1) is 35.3. The molecule has 2 N–H and O–H groups in total. The van der Waals surface area contributed by atoms with Gasteiger partial charge in [-0.3, -0.25) is 0 Å². The monoisotopic (exact) mass is 975 g/mol. The molecule has 2 aliphatic rings. The Labute approximate surface area is 422 Å². The number of ether oxygens (including phenoxy) is 6. The normalized spacial score (nSPS) is 11.8. The average Bonchev–Trinajstić information content (AvgIpc) is 4.14. The second-order valence-corrected chi connectivity index (χ2v) is 18.7. The van der Waals surface area contributed by atoms with E-state index < -0.39 is 0 Å². The van der Waals surface area contributed by atoms with Crippen LogP contribution in [0.2, 0.25) is 0 Å². The fraction of sp³-hybridized carbons (Fsp3) is 0.448. The zero-order chi connectivity index (χ0) is 50.1. The van der Waals surface area contributed by atoms with Crippen molar-refractivity contribution in [3.05, 3.63) is 59.7 Å². The maximum Gasteiger partial charge on any atom is 0.168 e. The Bertz CT molecular complexity index is 3030. The topological polar surface area (TPSA) is 164 Å². The zero-order valence-corrected chi connectivity index (χ0v) is 43.5. The number of nitrogens with zero attached hydrogens (tertiary/aromatic N) is 6. The minimum absolute atomic E-state index is 0.433. The lowest BCUT2D eigenvalue weighted by atomic mass is 10.0. The fourth-order valence-electron chi connectivity index (χ4n) is 9.13. The van der Waals surface area contributed by atoms with Crippen LogP contribution in [0.4, 0.5) is 0 Å². The molecule has 0 aliphatic carbocycles. The van der Waals surface area contributed by atoms with Gasteiger partial charge in [-0.2, -0.15) is 0 Å². The number of H-pyrrole nitrogens is 2. The van der Waals surface area contributed by atoms with E-state index in [4.69, 9.17) is 58.3 Å². The van der Waals surface area contributed by atoms with E-state index in [-0.39, 0.29) is 0 Å². The van der Waals surface area contributed by atoms with Gasteiger partial charge in [-0.15, -0.1) is 0 Å². The molecule has 0 radical (unpaired) electrons. The third-order valence-corrected chi connectivity index (χ3v) is 13.2. The molecule has 0 saturated heterocycles. The number of hydrogen-bond donors (Lipinski definition) is 2. The molecule has 0 spiro atoms. The Balaban J connectivity index is 1.49. The van der Waals surface area contributed by atoms with Gasteiger partial charge in [0.2, 0.25) is 0 Å². The van der Waals surface area contributed by atoms with Crippen molar-refractivity contribution in [2.45, 2.75) is 132 Å². The second kappa shape index (κ2) is 23.1. The predicted molar refractivity (Wildman–Crippen MR) is 288 cm³/mol. The van der Waals surface area contributed by atoms with Gasteiger partial charge < -0.3 is 38.4 Å². The van der Waals surface area contributed by atoms with E-state index >= 15 is 0 Å². The number of nitrogens with one attached hydrogen (secondary N) is 2. The van der Waals surface area contributed by atoms with Crippen LogP contribution in [0.15, 0.2) is 48.5 Å². The van der Waals surface area contributed by atoms with Gasteiger partial charge in [0.15, 0.2) is 23.3 Å². The summed E-state index contributed by atoms with van der Waals surface area (Å²) in [6, 6.07) is 16.1. The van der Waals surface area contributed by atoms with E-state index in [2.05, 4.69) is 77.5 Å². The standard InChI is InChI=1S/C58H70N8O6/c1-9-15-29-67-37-23-21-35(7)43-45(37)53-59-51(43)61-55-47-39(69-31-17-11-3)25-26-40(70-32-18-12-4)48(47)56(65-55)62-52-44-36(8)22-24-38(68-30-16-10-2)46(44)54(60-52)64-58-50-42(72-34-20-14-6)28-27-41(71-33-19-13-5)49(50)57(63-53)66-58/h21-28H,9-20,29-34H2,1-8H3,(H2,59,60,61,62,63,64,65,66). The number of hydrogen-bond acceptors (Lipinski definition) is 12. The van der Waals surface area contributed by atoms with Crippen molar-refractivity contribution >= 4 is 44.1 Å². The van der Waals surface area contributed by atoms with Gasteiger partial charge in [-0.1, -0.05) is 92.2 Å². The van der Waals surface area contributed by atoms with Crippen LogP contribution in [-0.4, -0.2) is 79.5 Å². The highest BCUT2D eigenvalue weighted by Gasteiger charge is 2.30. The van der Waals surface area contributed by atoms with Gasteiger partial charge in [0.1, 0.15) is 57.1 Å². The summed E-state index contributed by atoms with van der Waals surface area (Å²) in [4.78, 5) is 40.0. The van der Waals surface area contributed by atoms with E-state index in [1.54, 1.807) is 0 Å². The summed E-state index contributed by atoms with van der Waals surface area (Å²) >= 11 is 0. The summed E-state index contributed by atoms with van der Waals surface area (Å²) in [6.45, 7) is 20.2. The molecule has 7 aromatic rings. The van der Waals surface area contributed by atoms with E-state index in [9.17, 15) is 0 Å². The molecule has 5 heterocycles. The molecule has 2 aliphatic heterocycles. The van der Waals surface area contributed by atoms with Gasteiger partial charge in [0.25, 0.3) is 0 Å². The van der Waals surface area contributed by atoms with Crippen molar-refractivity contribution in [1.29, 1.82) is 0 Å². The van der Waals surface area contributed by atoms with Gasteiger partial charge in [-0.25, -0.2) is 29.9 Å². The largest absolute Gasteiger partial charge is 0.493 e. The van der Waals surface area contributed by atoms with Crippen molar-refractivity contribution < 1.29 is 28.4 Å². The van der Waals surface area contributed by atoms with Crippen LogP contribution in [0.3, 0.4) is 0 Å². The smallest absolute Gasteiger partial charge is 0.168 e. The Hall–Kier alpha value is -6.96. The summed E-state index contributed by atoms with van der Waals surface area (Å²) in [5.74, 6) is 5.77. The third-order valence-electron chi connectivity index (χ3n) is 13.2. The van der Waals surface area contributed by atoms with Crippen molar-refractivity contribution in [2.75, 3.05) is 39.6 Å². The van der Waals surface area contributed by atoms with E-state index in [1.165, 1.54) is 0 Å². The first kappa shape index (κ1) is 50.0. The molecule has 14 nitrogen and oxygen atoms in total. The molecule has 9 rings (SSSR count). The van der Waals surface area contributed by atoms with Crippen molar-refractivity contribution in [2.24, 2.45) is 0 Å². The molecule has 0 saturated carbocycles. The lowest BCUT2D eigenvalue weighted by molar-refractivity contribution is 0.306. The second-order valence-electron chi connectivity index (χ2n) is 18.7. The molecule has 4 aromatic carbocycles. The highest BCUT2D eigenvalue weighted by atomic mass is 16.5. The van der Waals surface area contributed by atoms with Crippen molar-refractivity contribution in [3.8, 4) is 80.0 Å². The number of aromatic amines is 2. The highest BCUT2D eigenvalue weighted by molar-refractivity contribution is 6.13. The summed E-state index contributed by atoms with van der Waals surface area (Å²) < 4.78 is 39.7. The molecule has 0 amide bonds. The highest BCUT2D eigenvalue weighted by Crippen LogP contribution is 2.47. The number of unbranched alkanes of at least 4 members (excludes halogenated alkanes) is 6. The van der Waals surface area contributed by atoms with Gasteiger partial charge in [-0.05, 0) is 99.9 Å². The van der Waals surface area contributed by atoms with Gasteiger partial charge in [0.05, 0.1) is 72.3 Å². The number of aryl methyl sites for hydroxylation is 2. The molecule has 0 fully saturated rings. The number of rotatable bonds is 24. The van der Waals surface area contributed by atoms with Crippen LogP contribution in [0.5, 0.6) is 34.5 Å². The van der Waals surface area contributed by atoms with E-state index in [0.29, 0.717) is 120 Å². The summed E-state index contributed by atoms with van der Waals surface area (Å²) in [5.41, 5.74) is 7.10. The van der Waals surface area contributed by atoms with Crippen LogP contribution >= 0.6 is 0 Å². The molecule has 0 atom stereocenters. The lowest BCUT2D eigenvalue weighted by Crippen LogP contribution is -2.00. The maximum atomic E-state index is 6.64. The molecule has 14 heteroatoms. The minimum atomic E-state index is 0.433. The van der Waals surface area contributed by atoms with Crippen molar-refractivity contribution in [3.63, 3.8) is 0 Å². The average molecular weight is 975 g/mol. The summed E-state index contributed by atoms with van der Waals surface area (Å²) in [5, 5.41) is 2.91. The quantitative estimate of drug-likeness (QED) is 0.0552. The number of fused-ring (bicyclic) bond motifs is 20. The first-order valence-electron chi connectivity index (χ1n) is 26.5. The number of benzene rings is 4. The van der Waals surface area contributed by atoms with Gasteiger partial charge in [0, 0.05) is 11.1 Å². The molecular weight excluding hydrogens is 905 g/mol. The van der Waals surface area contributed by atoms with E-state index in [1.807, 2.05) is 36.4 Å². The molecule has 8 bridgehead atoms. The Morgan fingerprint density at radius 3 is 0.806 bits per heavy atom. The maximum absolute atomic E-state index is 6.64. The summed E-state index contributed by atoms with van der Waals surface area (Å²) in [7, 11) is 0. The summed E-state index contributed by atoms with van der Waals surface area (Å²) in [6.07, 6.45) is 11.2. The van der Waals surface area contributed by atoms with Crippen molar-refractivity contribution in [1.82, 2.24) is 39.9 Å². The zero-order valence-electron chi connectivity index (χ0n) is 43.5.